The normalized spacial score (nSPS) is 11.3. The molecule has 0 fully saturated rings. The van der Waals surface area contributed by atoms with Crippen LogP contribution >= 0.6 is 0 Å². The highest BCUT2D eigenvalue weighted by atomic mass is 16.5. The second-order valence-electron chi connectivity index (χ2n) is 4.64. The summed E-state index contributed by atoms with van der Waals surface area (Å²) in [4.78, 5) is 34.3. The molecule has 1 unspecified atom stereocenters. The zero-order valence-corrected chi connectivity index (χ0v) is 12.2. The lowest BCUT2D eigenvalue weighted by molar-refractivity contribution is -0.145. The smallest absolute Gasteiger partial charge is 0.325 e. The van der Waals surface area contributed by atoms with Crippen LogP contribution in [0.1, 0.15) is 18.9 Å². The van der Waals surface area contributed by atoms with Crippen LogP contribution in [0.2, 0.25) is 0 Å². The van der Waals surface area contributed by atoms with Crippen LogP contribution in [-0.2, 0) is 25.7 Å². The predicted octanol–water partition coefficient (Wildman–Crippen LogP) is 0.618. The second kappa shape index (κ2) is 8.73. The molecule has 2 N–H and O–H groups in total. The molecular formula is C15H20N2O4. The van der Waals surface area contributed by atoms with Gasteiger partial charge in [0.15, 0.2) is 0 Å². The van der Waals surface area contributed by atoms with Crippen molar-refractivity contribution in [3.05, 3.63) is 35.9 Å². The maximum Gasteiger partial charge on any atom is 0.325 e. The van der Waals surface area contributed by atoms with Gasteiger partial charge in [0, 0.05) is 19.4 Å². The fraction of sp³-hybridized carbons (Fsp3) is 0.400. The summed E-state index contributed by atoms with van der Waals surface area (Å²) < 4.78 is 5.03. The molecule has 0 saturated carbocycles. The van der Waals surface area contributed by atoms with E-state index in [0.29, 0.717) is 0 Å². The highest BCUT2D eigenvalue weighted by molar-refractivity contribution is 5.87. The Kier molecular flexibility index (Phi) is 6.94. The van der Waals surface area contributed by atoms with Gasteiger partial charge in [-0.25, -0.2) is 0 Å². The summed E-state index contributed by atoms with van der Waals surface area (Å²) in [5.41, 5.74) is 0.880. The number of hydrogen-bond donors (Lipinski definition) is 2. The topological polar surface area (TPSA) is 84.5 Å². The van der Waals surface area contributed by atoms with E-state index in [1.54, 1.807) is 6.92 Å². The summed E-state index contributed by atoms with van der Waals surface area (Å²) in [5, 5.41) is 4.90. The van der Waals surface area contributed by atoms with Gasteiger partial charge in [-0.05, 0) is 5.56 Å². The minimum atomic E-state index is -0.514. The number of benzene rings is 1. The standard InChI is InChI=1S/C15H20N2O4/c1-11(8-13(18)16-2)15(20)17-9-14(19)21-10-12-6-4-3-5-7-12/h3-7,11H,8-10H2,1-2H3,(H,16,18)(H,17,20). The number of ether oxygens (including phenoxy) is 1. The average Bonchev–Trinajstić information content (AvgIpc) is 2.51. The molecule has 0 aliphatic heterocycles. The SMILES string of the molecule is CNC(=O)CC(C)C(=O)NCC(=O)OCc1ccccc1. The summed E-state index contributed by atoms with van der Waals surface area (Å²) in [6, 6.07) is 9.27. The quantitative estimate of drug-likeness (QED) is 0.721. The van der Waals surface area contributed by atoms with Gasteiger partial charge in [-0.3, -0.25) is 14.4 Å². The van der Waals surface area contributed by atoms with Crippen molar-refractivity contribution in [3.63, 3.8) is 0 Å². The molecule has 0 spiro atoms. The van der Waals surface area contributed by atoms with Crippen molar-refractivity contribution in [1.29, 1.82) is 0 Å². The molecule has 6 heteroatoms. The maximum atomic E-state index is 11.7. The van der Waals surface area contributed by atoms with E-state index in [1.807, 2.05) is 30.3 Å². The third-order valence-electron chi connectivity index (χ3n) is 2.87. The van der Waals surface area contributed by atoms with Gasteiger partial charge >= 0.3 is 5.97 Å². The molecule has 21 heavy (non-hydrogen) atoms. The molecule has 0 saturated heterocycles. The predicted molar refractivity (Wildman–Crippen MR) is 77.1 cm³/mol. The Hall–Kier alpha value is -2.37. The van der Waals surface area contributed by atoms with Crippen LogP contribution in [0.25, 0.3) is 0 Å². The lowest BCUT2D eigenvalue weighted by Crippen LogP contribution is -2.36. The summed E-state index contributed by atoms with van der Waals surface area (Å²) in [5.74, 6) is -1.58. The molecule has 1 atom stereocenters. The van der Waals surface area contributed by atoms with Gasteiger partial charge < -0.3 is 15.4 Å². The van der Waals surface area contributed by atoms with Crippen LogP contribution in [0.3, 0.4) is 0 Å². The Morgan fingerprint density at radius 2 is 1.86 bits per heavy atom. The van der Waals surface area contributed by atoms with Crippen molar-refractivity contribution in [2.75, 3.05) is 13.6 Å². The molecule has 2 amide bonds. The number of carbonyl (C=O) groups is 3. The fourth-order valence-corrected chi connectivity index (χ4v) is 1.60. The van der Waals surface area contributed by atoms with Gasteiger partial charge in [-0.2, -0.15) is 0 Å². The molecule has 1 rings (SSSR count). The summed E-state index contributed by atoms with van der Waals surface area (Å²) >= 11 is 0. The molecule has 0 bridgehead atoms. The van der Waals surface area contributed by atoms with Gasteiger partial charge in [0.2, 0.25) is 11.8 Å². The first-order valence-electron chi connectivity index (χ1n) is 6.70. The van der Waals surface area contributed by atoms with Crippen molar-refractivity contribution in [3.8, 4) is 0 Å². The Morgan fingerprint density at radius 1 is 1.19 bits per heavy atom. The third-order valence-corrected chi connectivity index (χ3v) is 2.87. The number of nitrogens with one attached hydrogen (secondary N) is 2. The Labute approximate surface area is 123 Å². The van der Waals surface area contributed by atoms with Crippen molar-refractivity contribution in [2.45, 2.75) is 20.0 Å². The van der Waals surface area contributed by atoms with Gasteiger partial charge in [0.1, 0.15) is 13.2 Å². The summed E-state index contributed by atoms with van der Waals surface area (Å²) in [7, 11) is 1.51. The van der Waals surface area contributed by atoms with E-state index in [9.17, 15) is 14.4 Å². The molecule has 1 aromatic carbocycles. The molecule has 0 aromatic heterocycles. The van der Waals surface area contributed by atoms with E-state index in [1.165, 1.54) is 7.05 Å². The van der Waals surface area contributed by atoms with Gasteiger partial charge in [0.05, 0.1) is 0 Å². The zero-order chi connectivity index (χ0) is 15.7. The molecular weight excluding hydrogens is 272 g/mol. The van der Waals surface area contributed by atoms with Gasteiger partial charge in [-0.15, -0.1) is 0 Å². The molecule has 6 nitrogen and oxygen atoms in total. The number of esters is 1. The Balaban J connectivity index is 2.26. The average molecular weight is 292 g/mol. The third kappa shape index (κ3) is 6.56. The molecule has 114 valence electrons. The van der Waals surface area contributed by atoms with Crippen LogP contribution in [0, 0.1) is 5.92 Å². The first-order valence-corrected chi connectivity index (χ1v) is 6.70. The van der Waals surface area contributed by atoms with Crippen LogP contribution in [0.5, 0.6) is 0 Å². The molecule has 1 aromatic rings. The fourth-order valence-electron chi connectivity index (χ4n) is 1.60. The summed E-state index contributed by atoms with van der Waals surface area (Å²) in [6.45, 7) is 1.59. The van der Waals surface area contributed by atoms with E-state index < -0.39 is 11.9 Å². The Bertz CT molecular complexity index is 488. The molecule has 0 heterocycles. The van der Waals surface area contributed by atoms with Crippen LogP contribution < -0.4 is 10.6 Å². The van der Waals surface area contributed by atoms with E-state index in [0.717, 1.165) is 5.56 Å². The van der Waals surface area contributed by atoms with Crippen molar-refractivity contribution in [1.82, 2.24) is 10.6 Å². The number of hydrogen-bond acceptors (Lipinski definition) is 4. The highest BCUT2D eigenvalue weighted by Gasteiger charge is 2.17. The van der Waals surface area contributed by atoms with Crippen molar-refractivity contribution < 1.29 is 19.1 Å². The van der Waals surface area contributed by atoms with E-state index in [-0.39, 0.29) is 31.4 Å². The Morgan fingerprint density at radius 3 is 2.48 bits per heavy atom. The van der Waals surface area contributed by atoms with Gasteiger partial charge in [0.25, 0.3) is 0 Å². The monoisotopic (exact) mass is 292 g/mol. The minimum absolute atomic E-state index is 0.0847. The minimum Gasteiger partial charge on any atom is -0.460 e. The first kappa shape index (κ1) is 16.7. The van der Waals surface area contributed by atoms with Crippen LogP contribution in [-0.4, -0.2) is 31.4 Å². The zero-order valence-electron chi connectivity index (χ0n) is 12.2. The second-order valence-corrected chi connectivity index (χ2v) is 4.64. The number of amides is 2. The lowest BCUT2D eigenvalue weighted by atomic mass is 10.1. The van der Waals surface area contributed by atoms with E-state index >= 15 is 0 Å². The maximum absolute atomic E-state index is 11.7. The summed E-state index contributed by atoms with van der Waals surface area (Å²) in [6.07, 6.45) is 0.0847. The number of rotatable bonds is 7. The van der Waals surface area contributed by atoms with Gasteiger partial charge in [-0.1, -0.05) is 37.3 Å². The largest absolute Gasteiger partial charge is 0.460 e. The molecule has 0 aliphatic carbocycles. The molecule has 0 aliphatic rings. The number of carbonyl (C=O) groups excluding carboxylic acids is 3. The first-order chi connectivity index (χ1) is 10.0. The van der Waals surface area contributed by atoms with Crippen LogP contribution in [0.4, 0.5) is 0 Å². The van der Waals surface area contributed by atoms with Crippen LogP contribution in [0.15, 0.2) is 30.3 Å². The van der Waals surface area contributed by atoms with Crippen molar-refractivity contribution >= 4 is 17.8 Å². The lowest BCUT2D eigenvalue weighted by Gasteiger charge is -2.11. The highest BCUT2D eigenvalue weighted by Crippen LogP contribution is 2.02. The van der Waals surface area contributed by atoms with Crippen molar-refractivity contribution in [2.24, 2.45) is 5.92 Å². The van der Waals surface area contributed by atoms with E-state index in [2.05, 4.69) is 10.6 Å². The molecule has 0 radical (unpaired) electrons. The van der Waals surface area contributed by atoms with E-state index in [4.69, 9.17) is 4.74 Å².